The average Bonchev–Trinajstić information content (AvgIpc) is 3.10. The molecule has 144 valence electrons. The Morgan fingerprint density at radius 2 is 2.15 bits per heavy atom. The van der Waals surface area contributed by atoms with E-state index < -0.39 is 0 Å². The number of fused-ring (bicyclic) bond motifs is 1. The lowest BCUT2D eigenvalue weighted by molar-refractivity contribution is 0.574. The SMILES string of the molecule is CN=C(NCC1Cc2ccccc21)NC1CCN(c2ncccc2Cl)C1.I. The number of rotatable bonds is 4. The smallest absolute Gasteiger partial charge is 0.191 e. The number of guanidine groups is 1. The van der Waals surface area contributed by atoms with E-state index in [0.717, 1.165) is 44.3 Å². The zero-order valence-corrected chi connectivity index (χ0v) is 18.4. The van der Waals surface area contributed by atoms with E-state index in [2.05, 4.69) is 49.8 Å². The molecule has 4 rings (SSSR count). The number of nitrogens with zero attached hydrogens (tertiary/aromatic N) is 3. The first-order valence-corrected chi connectivity index (χ1v) is 9.53. The predicted octanol–water partition coefficient (Wildman–Crippen LogP) is 3.44. The van der Waals surface area contributed by atoms with Crippen LogP contribution in [0.2, 0.25) is 5.02 Å². The second-order valence-electron chi connectivity index (χ2n) is 6.94. The van der Waals surface area contributed by atoms with Gasteiger partial charge in [-0.15, -0.1) is 24.0 Å². The highest BCUT2D eigenvalue weighted by Crippen LogP contribution is 2.34. The van der Waals surface area contributed by atoms with E-state index in [-0.39, 0.29) is 24.0 Å². The Balaban J connectivity index is 0.00000210. The molecule has 0 spiro atoms. The molecule has 5 nitrogen and oxygen atoms in total. The summed E-state index contributed by atoms with van der Waals surface area (Å²) in [5.74, 6) is 2.32. The van der Waals surface area contributed by atoms with Gasteiger partial charge in [-0.05, 0) is 36.1 Å². The zero-order chi connectivity index (χ0) is 17.9. The lowest BCUT2D eigenvalue weighted by Gasteiger charge is -2.31. The molecule has 2 N–H and O–H groups in total. The minimum absolute atomic E-state index is 0. The van der Waals surface area contributed by atoms with Crippen molar-refractivity contribution in [2.24, 2.45) is 4.99 Å². The van der Waals surface area contributed by atoms with Crippen LogP contribution >= 0.6 is 35.6 Å². The van der Waals surface area contributed by atoms with Gasteiger partial charge in [0.05, 0.1) is 5.02 Å². The van der Waals surface area contributed by atoms with Gasteiger partial charge in [-0.25, -0.2) is 4.98 Å². The topological polar surface area (TPSA) is 52.6 Å². The highest BCUT2D eigenvalue weighted by molar-refractivity contribution is 14.0. The van der Waals surface area contributed by atoms with Gasteiger partial charge in [0.1, 0.15) is 5.82 Å². The molecule has 0 amide bonds. The Labute approximate surface area is 182 Å². The highest BCUT2D eigenvalue weighted by atomic mass is 127. The summed E-state index contributed by atoms with van der Waals surface area (Å²) in [7, 11) is 1.83. The van der Waals surface area contributed by atoms with Crippen molar-refractivity contribution in [2.75, 3.05) is 31.6 Å². The third kappa shape index (κ3) is 4.48. The van der Waals surface area contributed by atoms with Crippen molar-refractivity contribution in [1.29, 1.82) is 0 Å². The molecule has 1 saturated heterocycles. The van der Waals surface area contributed by atoms with Crippen molar-refractivity contribution >= 4 is 47.4 Å². The second-order valence-corrected chi connectivity index (χ2v) is 7.34. The van der Waals surface area contributed by atoms with E-state index in [9.17, 15) is 0 Å². The number of aromatic nitrogens is 1. The van der Waals surface area contributed by atoms with Gasteiger partial charge >= 0.3 is 0 Å². The van der Waals surface area contributed by atoms with Gasteiger partial charge in [0.15, 0.2) is 5.96 Å². The first-order valence-electron chi connectivity index (χ1n) is 9.15. The van der Waals surface area contributed by atoms with Crippen LogP contribution in [0, 0.1) is 0 Å². The summed E-state index contributed by atoms with van der Waals surface area (Å²) >= 11 is 6.27. The molecule has 1 aromatic carbocycles. The van der Waals surface area contributed by atoms with Crippen molar-refractivity contribution in [1.82, 2.24) is 15.6 Å². The fraction of sp³-hybridized carbons (Fsp3) is 0.400. The Kier molecular flexibility index (Phi) is 6.81. The molecule has 2 unspecified atom stereocenters. The average molecular weight is 498 g/mol. The number of hydrogen-bond acceptors (Lipinski definition) is 3. The molecule has 2 atom stereocenters. The number of pyridine rings is 1. The maximum Gasteiger partial charge on any atom is 0.191 e. The van der Waals surface area contributed by atoms with E-state index in [0.29, 0.717) is 17.0 Å². The fourth-order valence-electron chi connectivity index (χ4n) is 3.83. The van der Waals surface area contributed by atoms with Crippen LogP contribution in [0.5, 0.6) is 0 Å². The van der Waals surface area contributed by atoms with Crippen molar-refractivity contribution in [3.63, 3.8) is 0 Å². The van der Waals surface area contributed by atoms with E-state index in [1.165, 1.54) is 11.1 Å². The molecule has 0 bridgehead atoms. The van der Waals surface area contributed by atoms with E-state index in [1.807, 2.05) is 19.2 Å². The van der Waals surface area contributed by atoms with Gasteiger partial charge < -0.3 is 15.5 Å². The van der Waals surface area contributed by atoms with Crippen molar-refractivity contribution in [3.8, 4) is 0 Å². The number of anilines is 1. The Bertz CT molecular complexity index is 812. The lowest BCUT2D eigenvalue weighted by atomic mass is 9.78. The number of benzene rings is 1. The number of halogens is 2. The Morgan fingerprint density at radius 1 is 1.30 bits per heavy atom. The normalized spacial score (nSPS) is 21.1. The standard InChI is InChI=1S/C20H24ClN5.HI/c1-22-20(24-12-15-11-14-5-2-3-6-17(14)15)25-16-8-10-26(13-16)19-18(21)7-4-9-23-19;/h2-7,9,15-16H,8,10-13H2,1H3,(H2,22,24,25);1H. The maximum absolute atomic E-state index is 6.27. The zero-order valence-electron chi connectivity index (χ0n) is 15.4. The molecule has 1 aliphatic heterocycles. The summed E-state index contributed by atoms with van der Waals surface area (Å²) in [6.07, 6.45) is 3.98. The van der Waals surface area contributed by atoms with Gasteiger partial charge in [-0.1, -0.05) is 35.9 Å². The molecule has 7 heteroatoms. The minimum Gasteiger partial charge on any atom is -0.356 e. The lowest BCUT2D eigenvalue weighted by Crippen LogP contribution is -2.46. The summed E-state index contributed by atoms with van der Waals surface area (Å²) in [6, 6.07) is 12.8. The highest BCUT2D eigenvalue weighted by Gasteiger charge is 2.27. The predicted molar refractivity (Wildman–Crippen MR) is 123 cm³/mol. The molecule has 0 radical (unpaired) electrons. The van der Waals surface area contributed by atoms with Crippen LogP contribution in [0.3, 0.4) is 0 Å². The second kappa shape index (κ2) is 9.10. The number of hydrogen-bond donors (Lipinski definition) is 2. The number of nitrogens with one attached hydrogen (secondary N) is 2. The third-order valence-electron chi connectivity index (χ3n) is 5.27. The van der Waals surface area contributed by atoms with E-state index in [4.69, 9.17) is 11.6 Å². The van der Waals surface area contributed by atoms with Crippen molar-refractivity contribution in [3.05, 3.63) is 58.7 Å². The summed E-state index contributed by atoms with van der Waals surface area (Å²) in [6.45, 7) is 2.74. The van der Waals surface area contributed by atoms with Gasteiger partial charge in [-0.2, -0.15) is 0 Å². The Hall–Kier alpha value is -1.54. The van der Waals surface area contributed by atoms with E-state index in [1.54, 1.807) is 6.20 Å². The molecule has 27 heavy (non-hydrogen) atoms. The molecule has 1 aromatic heterocycles. The quantitative estimate of drug-likeness (QED) is 0.386. The van der Waals surface area contributed by atoms with Crippen LogP contribution in [-0.2, 0) is 6.42 Å². The molecule has 0 saturated carbocycles. The summed E-state index contributed by atoms with van der Waals surface area (Å²) in [4.78, 5) is 11.0. The van der Waals surface area contributed by atoms with Crippen molar-refractivity contribution < 1.29 is 0 Å². The molecule has 2 aromatic rings. The maximum atomic E-state index is 6.27. The molecular weight excluding hydrogens is 473 g/mol. The van der Waals surface area contributed by atoms with Crippen LogP contribution in [0.1, 0.15) is 23.5 Å². The number of aliphatic imine (C=N–C) groups is 1. The third-order valence-corrected chi connectivity index (χ3v) is 5.56. The largest absolute Gasteiger partial charge is 0.356 e. The summed E-state index contributed by atoms with van der Waals surface area (Å²) in [5.41, 5.74) is 2.94. The molecular formula is C20H25ClIN5. The van der Waals surface area contributed by atoms with Gasteiger partial charge in [0.25, 0.3) is 0 Å². The fourth-order valence-corrected chi connectivity index (χ4v) is 4.07. The molecule has 2 heterocycles. The van der Waals surface area contributed by atoms with Crippen LogP contribution in [0.25, 0.3) is 0 Å². The first kappa shape index (κ1) is 20.2. The first-order chi connectivity index (χ1) is 12.7. The van der Waals surface area contributed by atoms with Gasteiger partial charge in [0, 0.05) is 44.8 Å². The van der Waals surface area contributed by atoms with Crippen LogP contribution in [0.15, 0.2) is 47.6 Å². The van der Waals surface area contributed by atoms with Crippen LogP contribution in [0.4, 0.5) is 5.82 Å². The summed E-state index contributed by atoms with van der Waals surface area (Å²) in [5, 5.41) is 7.73. The summed E-state index contributed by atoms with van der Waals surface area (Å²) < 4.78 is 0. The van der Waals surface area contributed by atoms with E-state index >= 15 is 0 Å². The molecule has 1 aliphatic carbocycles. The van der Waals surface area contributed by atoms with Gasteiger partial charge in [0.2, 0.25) is 0 Å². The monoisotopic (exact) mass is 497 g/mol. The van der Waals surface area contributed by atoms with Gasteiger partial charge in [-0.3, -0.25) is 4.99 Å². The van der Waals surface area contributed by atoms with Crippen LogP contribution in [-0.4, -0.2) is 43.7 Å². The van der Waals surface area contributed by atoms with Crippen molar-refractivity contribution in [2.45, 2.75) is 24.8 Å². The van der Waals surface area contributed by atoms with Crippen LogP contribution < -0.4 is 15.5 Å². The minimum atomic E-state index is 0. The molecule has 2 aliphatic rings. The Morgan fingerprint density at radius 3 is 2.93 bits per heavy atom. The molecule has 1 fully saturated rings.